The molecule has 0 aliphatic carbocycles. The summed E-state index contributed by atoms with van der Waals surface area (Å²) in [7, 11) is 0. The molecule has 0 saturated carbocycles. The molecule has 42 heavy (non-hydrogen) atoms. The van der Waals surface area contributed by atoms with Crippen LogP contribution in [-0.2, 0) is 36.8 Å². The fourth-order valence-electron chi connectivity index (χ4n) is 4.01. The van der Waals surface area contributed by atoms with Crippen LogP contribution < -0.4 is 38.9 Å². The predicted octanol–water partition coefficient (Wildman–Crippen LogP) is -1.73. The second-order valence-electron chi connectivity index (χ2n) is 9.63. The van der Waals surface area contributed by atoms with E-state index in [1.165, 1.54) is 0 Å². The molecule has 14 heteroatoms. The van der Waals surface area contributed by atoms with Crippen molar-refractivity contribution in [1.29, 1.82) is 0 Å². The highest BCUT2D eigenvalue weighted by Crippen LogP contribution is 2.08. The molecule has 0 aliphatic rings. The van der Waals surface area contributed by atoms with Crippen LogP contribution in [-0.4, -0.2) is 71.4 Å². The van der Waals surface area contributed by atoms with Gasteiger partial charge >= 0.3 is 5.97 Å². The Labute approximate surface area is 243 Å². The normalized spacial score (nSPS) is 13.5. The van der Waals surface area contributed by atoms with Gasteiger partial charge in [-0.15, -0.1) is 0 Å². The topological polar surface area (TPSA) is 258 Å². The van der Waals surface area contributed by atoms with Gasteiger partial charge in [-0.2, -0.15) is 0 Å². The van der Waals surface area contributed by atoms with Gasteiger partial charge in [0.1, 0.15) is 18.1 Å². The summed E-state index contributed by atoms with van der Waals surface area (Å²) >= 11 is 0. The molecule has 0 fully saturated rings. The highest BCUT2D eigenvalue weighted by Gasteiger charge is 2.31. The first-order chi connectivity index (χ1) is 20.0. The summed E-state index contributed by atoms with van der Waals surface area (Å²) in [6.45, 7) is 0.136. The lowest BCUT2D eigenvalue weighted by Gasteiger charge is -2.25. The van der Waals surface area contributed by atoms with Gasteiger partial charge in [0.05, 0.1) is 12.5 Å². The number of nitrogens with zero attached hydrogens (tertiary/aromatic N) is 1. The molecule has 226 valence electrons. The van der Waals surface area contributed by atoms with E-state index in [1.807, 2.05) is 30.3 Å². The number of primary amides is 1. The molecule has 0 spiro atoms. The van der Waals surface area contributed by atoms with Crippen molar-refractivity contribution < 1.29 is 29.1 Å². The number of hydrogen-bond donors (Lipinski definition) is 8. The minimum absolute atomic E-state index is 0.0267. The number of rotatable bonds is 17. The van der Waals surface area contributed by atoms with E-state index in [2.05, 4.69) is 20.9 Å². The maximum atomic E-state index is 13.4. The van der Waals surface area contributed by atoms with E-state index in [4.69, 9.17) is 22.9 Å². The summed E-state index contributed by atoms with van der Waals surface area (Å²) in [5.74, 6) is -4.74. The lowest BCUT2D eigenvalue weighted by atomic mass is 10.0. The third-order valence-corrected chi connectivity index (χ3v) is 6.15. The van der Waals surface area contributed by atoms with Crippen LogP contribution >= 0.6 is 0 Å². The van der Waals surface area contributed by atoms with E-state index in [-0.39, 0.29) is 38.2 Å². The molecule has 2 aromatic rings. The number of carboxylic acid groups (broad SMARTS) is 1. The van der Waals surface area contributed by atoms with Crippen molar-refractivity contribution in [3.05, 3.63) is 71.8 Å². The van der Waals surface area contributed by atoms with Gasteiger partial charge in [-0.1, -0.05) is 60.7 Å². The Morgan fingerprint density at radius 3 is 1.74 bits per heavy atom. The maximum Gasteiger partial charge on any atom is 0.326 e. The standard InChI is InChI=1S/C28H38N8O6/c29-19(14-17-8-3-1-4-9-17)24(38)35-21(15-18-10-5-2-6-11-18)25(39)36-22(16-23(30)37)26(40)34-20(27(41)42)12-7-13-33-28(31)32/h1-6,8-11,19-22H,7,12-16,29H2,(H2,30,37)(H,34,40)(H,35,38)(H,36,39)(H,41,42)(H4,31,32,33). The van der Waals surface area contributed by atoms with Gasteiger partial charge in [0.25, 0.3) is 0 Å². The van der Waals surface area contributed by atoms with Crippen LogP contribution in [0.5, 0.6) is 0 Å². The third-order valence-electron chi connectivity index (χ3n) is 6.15. The van der Waals surface area contributed by atoms with Crippen LogP contribution in [0.2, 0.25) is 0 Å². The number of guanidine groups is 1. The molecule has 0 aromatic heterocycles. The average molecular weight is 583 g/mol. The summed E-state index contributed by atoms with van der Waals surface area (Å²) in [4.78, 5) is 66.6. The molecule has 4 amide bonds. The van der Waals surface area contributed by atoms with Crippen molar-refractivity contribution in [2.24, 2.45) is 27.9 Å². The fraction of sp³-hybridized carbons (Fsp3) is 0.357. The first kappa shape index (κ1) is 33.2. The molecule has 4 atom stereocenters. The minimum atomic E-state index is -1.51. The van der Waals surface area contributed by atoms with Crippen molar-refractivity contribution in [1.82, 2.24) is 16.0 Å². The van der Waals surface area contributed by atoms with Gasteiger partial charge in [-0.05, 0) is 30.4 Å². The Bertz CT molecular complexity index is 1240. The van der Waals surface area contributed by atoms with E-state index in [1.54, 1.807) is 30.3 Å². The van der Waals surface area contributed by atoms with Crippen LogP contribution in [0.25, 0.3) is 0 Å². The smallest absolute Gasteiger partial charge is 0.326 e. The van der Waals surface area contributed by atoms with E-state index >= 15 is 0 Å². The van der Waals surface area contributed by atoms with Crippen LogP contribution in [0.4, 0.5) is 0 Å². The maximum absolute atomic E-state index is 13.4. The zero-order chi connectivity index (χ0) is 31.1. The fourth-order valence-corrected chi connectivity index (χ4v) is 4.01. The quantitative estimate of drug-likeness (QED) is 0.0597. The second-order valence-corrected chi connectivity index (χ2v) is 9.63. The van der Waals surface area contributed by atoms with Gasteiger partial charge in [0.15, 0.2) is 5.96 Å². The molecule has 0 radical (unpaired) electrons. The number of carboxylic acids is 1. The van der Waals surface area contributed by atoms with Gasteiger partial charge in [0.2, 0.25) is 23.6 Å². The molecular weight excluding hydrogens is 544 g/mol. The lowest BCUT2D eigenvalue weighted by Crippen LogP contribution is -2.58. The first-order valence-corrected chi connectivity index (χ1v) is 13.3. The minimum Gasteiger partial charge on any atom is -0.480 e. The van der Waals surface area contributed by atoms with Crippen molar-refractivity contribution in [2.75, 3.05) is 6.54 Å². The Balaban J connectivity index is 2.18. The van der Waals surface area contributed by atoms with Crippen LogP contribution in [0.1, 0.15) is 30.4 Å². The zero-order valence-electron chi connectivity index (χ0n) is 23.1. The molecule has 4 unspecified atom stereocenters. The number of carbonyl (C=O) groups excluding carboxylic acids is 4. The molecular formula is C28H38N8O6. The average Bonchev–Trinajstić information content (AvgIpc) is 2.94. The van der Waals surface area contributed by atoms with Gasteiger partial charge in [-0.25, -0.2) is 4.79 Å². The van der Waals surface area contributed by atoms with Gasteiger partial charge in [0, 0.05) is 13.0 Å². The number of amides is 4. The SMILES string of the molecule is NC(=O)CC(NC(=O)C(Cc1ccccc1)NC(=O)C(N)Cc1ccccc1)C(=O)NC(CCCN=C(N)N)C(=O)O. The number of benzene rings is 2. The summed E-state index contributed by atoms with van der Waals surface area (Å²) < 4.78 is 0. The van der Waals surface area contributed by atoms with E-state index in [0.29, 0.717) is 5.56 Å². The summed E-state index contributed by atoms with van der Waals surface area (Å²) in [6, 6.07) is 12.9. The molecule has 2 aromatic carbocycles. The van der Waals surface area contributed by atoms with E-state index in [0.717, 1.165) is 5.56 Å². The molecule has 2 rings (SSSR count). The second kappa shape index (κ2) is 17.0. The molecule has 14 nitrogen and oxygen atoms in total. The van der Waals surface area contributed by atoms with Crippen molar-refractivity contribution >= 4 is 35.6 Å². The Morgan fingerprint density at radius 1 is 0.714 bits per heavy atom. The number of aliphatic carboxylic acids is 1. The predicted molar refractivity (Wildman–Crippen MR) is 155 cm³/mol. The Kier molecular flexibility index (Phi) is 13.4. The van der Waals surface area contributed by atoms with Crippen molar-refractivity contribution in [2.45, 2.75) is 56.3 Å². The third kappa shape index (κ3) is 12.0. The van der Waals surface area contributed by atoms with Crippen LogP contribution in [0, 0.1) is 0 Å². The largest absolute Gasteiger partial charge is 0.480 e. The van der Waals surface area contributed by atoms with Crippen molar-refractivity contribution in [3.63, 3.8) is 0 Å². The zero-order valence-corrected chi connectivity index (χ0v) is 23.1. The van der Waals surface area contributed by atoms with Crippen LogP contribution in [0.3, 0.4) is 0 Å². The number of nitrogens with one attached hydrogen (secondary N) is 3. The molecule has 0 saturated heterocycles. The molecule has 12 N–H and O–H groups in total. The number of nitrogens with two attached hydrogens (primary N) is 4. The summed E-state index contributed by atoms with van der Waals surface area (Å²) in [6.07, 6.45) is -0.141. The highest BCUT2D eigenvalue weighted by atomic mass is 16.4. The Hall–Kier alpha value is -4.98. The van der Waals surface area contributed by atoms with Crippen molar-refractivity contribution in [3.8, 4) is 0 Å². The van der Waals surface area contributed by atoms with E-state index < -0.39 is 60.2 Å². The first-order valence-electron chi connectivity index (χ1n) is 13.3. The summed E-state index contributed by atoms with van der Waals surface area (Å²) in [5.41, 5.74) is 23.5. The number of carbonyl (C=O) groups is 5. The number of aliphatic imine (C=N–C) groups is 1. The lowest BCUT2D eigenvalue weighted by molar-refractivity contribution is -0.142. The number of hydrogen-bond acceptors (Lipinski definition) is 7. The van der Waals surface area contributed by atoms with Gasteiger partial charge < -0.3 is 44.0 Å². The molecule has 0 aliphatic heterocycles. The van der Waals surface area contributed by atoms with Gasteiger partial charge in [-0.3, -0.25) is 24.2 Å². The Morgan fingerprint density at radius 2 is 1.21 bits per heavy atom. The summed E-state index contributed by atoms with van der Waals surface area (Å²) in [5, 5.41) is 16.9. The van der Waals surface area contributed by atoms with E-state index in [9.17, 15) is 29.1 Å². The monoisotopic (exact) mass is 582 g/mol. The molecule has 0 heterocycles. The van der Waals surface area contributed by atoms with Crippen LogP contribution in [0.15, 0.2) is 65.7 Å². The highest BCUT2D eigenvalue weighted by molar-refractivity contribution is 5.96. The molecule has 0 bridgehead atoms.